The Morgan fingerprint density at radius 3 is 2.91 bits per heavy atom. The van der Waals surface area contributed by atoms with Gasteiger partial charge in [0.1, 0.15) is 12.1 Å². The molecule has 0 bridgehead atoms. The molecule has 0 amide bonds. The van der Waals surface area contributed by atoms with Crippen molar-refractivity contribution >= 4 is 22.4 Å². The summed E-state index contributed by atoms with van der Waals surface area (Å²) in [6.07, 6.45) is 4.32. The van der Waals surface area contributed by atoms with Gasteiger partial charge >= 0.3 is 0 Å². The Morgan fingerprint density at radius 2 is 2.14 bits per heavy atom. The van der Waals surface area contributed by atoms with Gasteiger partial charge in [-0.05, 0) is 12.1 Å². The second-order valence-electron chi connectivity index (χ2n) is 5.16. The van der Waals surface area contributed by atoms with Crippen LogP contribution in [0.25, 0.3) is 16.6 Å². The Hall–Kier alpha value is -2.80. The molecular weight excluding hydrogens is 282 g/mol. The monoisotopic (exact) mass is 297 g/mol. The van der Waals surface area contributed by atoms with Crippen LogP contribution in [0.3, 0.4) is 0 Å². The third-order valence-electron chi connectivity index (χ3n) is 3.86. The zero-order valence-electron chi connectivity index (χ0n) is 12.3. The molecule has 3 heterocycles. The van der Waals surface area contributed by atoms with Crippen molar-refractivity contribution in [2.45, 2.75) is 13.3 Å². The molecule has 0 unspecified atom stereocenters. The maximum absolute atomic E-state index is 12.6. The first-order chi connectivity index (χ1) is 10.7. The molecule has 2 aromatic heterocycles. The van der Waals surface area contributed by atoms with Crippen molar-refractivity contribution in [3.8, 4) is 0 Å². The lowest BCUT2D eigenvalue weighted by atomic mass is 10.2. The SMILES string of the molecule is CCC1=CN(c2ncn3c4ccccc4c(=O)n(C)c23)NO1. The lowest BCUT2D eigenvalue weighted by molar-refractivity contribution is 0.125. The van der Waals surface area contributed by atoms with Gasteiger partial charge in [0.2, 0.25) is 0 Å². The standard InChI is InChI=1S/C15H15N5O2/c1-3-10-8-20(17-22-10)13-14-18(2)15(21)11-6-4-5-7-12(11)19(14)9-16-13/h4-9,17H,3H2,1-2H3. The Labute approximate surface area is 126 Å². The van der Waals surface area contributed by atoms with E-state index in [9.17, 15) is 4.79 Å². The van der Waals surface area contributed by atoms with E-state index in [4.69, 9.17) is 4.84 Å². The van der Waals surface area contributed by atoms with Crippen molar-refractivity contribution in [1.29, 1.82) is 0 Å². The zero-order chi connectivity index (χ0) is 15.3. The number of benzene rings is 1. The molecule has 22 heavy (non-hydrogen) atoms. The molecule has 112 valence electrons. The molecule has 4 rings (SSSR count). The predicted octanol–water partition coefficient (Wildman–Crippen LogP) is 1.69. The molecular formula is C15H15N5O2. The van der Waals surface area contributed by atoms with Crippen LogP contribution in [0.5, 0.6) is 0 Å². The average Bonchev–Trinajstić information content (AvgIpc) is 3.19. The molecule has 7 nitrogen and oxygen atoms in total. The molecule has 1 aliphatic rings. The number of hydrogen-bond donors (Lipinski definition) is 1. The third-order valence-corrected chi connectivity index (χ3v) is 3.86. The summed E-state index contributed by atoms with van der Waals surface area (Å²) in [7, 11) is 1.75. The first kappa shape index (κ1) is 12.9. The van der Waals surface area contributed by atoms with Crippen LogP contribution in [0.2, 0.25) is 0 Å². The number of fused-ring (bicyclic) bond motifs is 3. The number of nitrogens with one attached hydrogen (secondary N) is 1. The minimum Gasteiger partial charge on any atom is -0.391 e. The first-order valence-corrected chi connectivity index (χ1v) is 7.08. The molecule has 0 radical (unpaired) electrons. The highest BCUT2D eigenvalue weighted by atomic mass is 16.7. The number of hydrazine groups is 1. The number of rotatable bonds is 2. The van der Waals surface area contributed by atoms with Gasteiger partial charge in [-0.15, -0.1) is 0 Å². The van der Waals surface area contributed by atoms with E-state index in [1.165, 1.54) is 0 Å². The van der Waals surface area contributed by atoms with Crippen LogP contribution in [0, 0.1) is 0 Å². The second kappa shape index (κ2) is 4.60. The van der Waals surface area contributed by atoms with Gasteiger partial charge in [-0.2, -0.15) is 0 Å². The number of imidazole rings is 1. The Morgan fingerprint density at radius 1 is 1.32 bits per heavy atom. The summed E-state index contributed by atoms with van der Waals surface area (Å²) in [4.78, 5) is 22.3. The van der Waals surface area contributed by atoms with E-state index < -0.39 is 0 Å². The molecule has 0 saturated carbocycles. The lowest BCUT2D eigenvalue weighted by Crippen LogP contribution is -2.29. The van der Waals surface area contributed by atoms with E-state index in [-0.39, 0.29) is 5.56 Å². The van der Waals surface area contributed by atoms with Crippen molar-refractivity contribution < 1.29 is 4.84 Å². The van der Waals surface area contributed by atoms with Gasteiger partial charge < -0.3 is 4.84 Å². The van der Waals surface area contributed by atoms with Crippen molar-refractivity contribution in [2.75, 3.05) is 5.01 Å². The summed E-state index contributed by atoms with van der Waals surface area (Å²) in [6.45, 7) is 2.01. The average molecular weight is 297 g/mol. The number of anilines is 1. The van der Waals surface area contributed by atoms with Crippen molar-refractivity contribution in [1.82, 2.24) is 19.5 Å². The van der Waals surface area contributed by atoms with Crippen molar-refractivity contribution in [3.05, 3.63) is 52.9 Å². The number of aromatic nitrogens is 3. The zero-order valence-corrected chi connectivity index (χ0v) is 12.3. The van der Waals surface area contributed by atoms with Gasteiger partial charge in [0, 0.05) is 13.5 Å². The molecule has 0 fully saturated rings. The number of hydrogen-bond acceptors (Lipinski definition) is 5. The van der Waals surface area contributed by atoms with Crippen molar-refractivity contribution in [3.63, 3.8) is 0 Å². The third kappa shape index (κ3) is 1.66. The van der Waals surface area contributed by atoms with Crippen LogP contribution in [0.1, 0.15) is 13.3 Å². The number of para-hydroxylation sites is 1. The van der Waals surface area contributed by atoms with Crippen LogP contribution in [0.15, 0.2) is 47.3 Å². The highest BCUT2D eigenvalue weighted by Crippen LogP contribution is 2.24. The largest absolute Gasteiger partial charge is 0.391 e. The van der Waals surface area contributed by atoms with Crippen LogP contribution < -0.4 is 16.2 Å². The van der Waals surface area contributed by atoms with E-state index >= 15 is 0 Å². The highest BCUT2D eigenvalue weighted by molar-refractivity contribution is 5.83. The summed E-state index contributed by atoms with van der Waals surface area (Å²) in [5.74, 6) is 1.43. The predicted molar refractivity (Wildman–Crippen MR) is 83.0 cm³/mol. The minimum atomic E-state index is -0.0512. The van der Waals surface area contributed by atoms with Crippen LogP contribution in [0.4, 0.5) is 5.82 Å². The highest BCUT2D eigenvalue weighted by Gasteiger charge is 2.21. The molecule has 1 N–H and O–H groups in total. The number of allylic oxidation sites excluding steroid dienone is 1. The normalized spacial score (nSPS) is 14.6. The van der Waals surface area contributed by atoms with E-state index in [2.05, 4.69) is 10.6 Å². The Kier molecular flexibility index (Phi) is 2.70. The summed E-state index contributed by atoms with van der Waals surface area (Å²) < 4.78 is 3.51. The summed E-state index contributed by atoms with van der Waals surface area (Å²) in [5.41, 5.74) is 4.28. The van der Waals surface area contributed by atoms with Gasteiger partial charge in [0.15, 0.2) is 11.5 Å². The van der Waals surface area contributed by atoms with Crippen LogP contribution in [-0.4, -0.2) is 14.0 Å². The van der Waals surface area contributed by atoms with Crippen LogP contribution >= 0.6 is 0 Å². The van der Waals surface area contributed by atoms with Crippen molar-refractivity contribution in [2.24, 2.45) is 7.05 Å². The maximum Gasteiger partial charge on any atom is 0.261 e. The quantitative estimate of drug-likeness (QED) is 0.780. The maximum atomic E-state index is 12.6. The fourth-order valence-corrected chi connectivity index (χ4v) is 2.70. The molecule has 0 spiro atoms. The molecule has 7 heteroatoms. The fraction of sp³-hybridized carbons (Fsp3) is 0.200. The smallest absolute Gasteiger partial charge is 0.261 e. The summed E-state index contributed by atoms with van der Waals surface area (Å²) in [5, 5.41) is 2.35. The van der Waals surface area contributed by atoms with Gasteiger partial charge in [-0.25, -0.2) is 9.99 Å². The number of aryl methyl sites for hydroxylation is 1. The molecule has 0 atom stereocenters. The van der Waals surface area contributed by atoms with Crippen LogP contribution in [-0.2, 0) is 11.9 Å². The fourth-order valence-electron chi connectivity index (χ4n) is 2.70. The summed E-state index contributed by atoms with van der Waals surface area (Å²) >= 11 is 0. The number of nitrogens with zero attached hydrogens (tertiary/aromatic N) is 4. The Bertz CT molecular complexity index is 969. The minimum absolute atomic E-state index is 0.0512. The van der Waals surface area contributed by atoms with E-state index in [0.717, 1.165) is 17.7 Å². The van der Waals surface area contributed by atoms with E-state index in [1.807, 2.05) is 41.8 Å². The molecule has 0 aliphatic carbocycles. The molecule has 3 aromatic rings. The van der Waals surface area contributed by atoms with E-state index in [0.29, 0.717) is 16.9 Å². The molecule has 1 aromatic carbocycles. The molecule has 1 aliphatic heterocycles. The topological polar surface area (TPSA) is 63.8 Å². The molecule has 0 saturated heterocycles. The summed E-state index contributed by atoms with van der Waals surface area (Å²) in [6, 6.07) is 7.51. The van der Waals surface area contributed by atoms with Gasteiger partial charge in [0.25, 0.3) is 5.56 Å². The first-order valence-electron chi connectivity index (χ1n) is 7.08. The van der Waals surface area contributed by atoms with Gasteiger partial charge in [0.05, 0.1) is 17.1 Å². The van der Waals surface area contributed by atoms with Gasteiger partial charge in [-0.1, -0.05) is 24.6 Å². The Balaban J connectivity index is 2.04. The van der Waals surface area contributed by atoms with E-state index in [1.54, 1.807) is 23.0 Å². The second-order valence-corrected chi connectivity index (χ2v) is 5.16. The lowest BCUT2D eigenvalue weighted by Gasteiger charge is -2.13. The van der Waals surface area contributed by atoms with Gasteiger partial charge in [-0.3, -0.25) is 13.8 Å².